The van der Waals surface area contributed by atoms with Crippen LogP contribution in [0.15, 0.2) is 71.1 Å². The number of carbonyl (C=O) groups is 3. The lowest BCUT2D eigenvalue weighted by atomic mass is 9.95. The lowest BCUT2D eigenvalue weighted by Gasteiger charge is -2.20. The van der Waals surface area contributed by atoms with Crippen LogP contribution in [0.25, 0.3) is 11.1 Å². The van der Waals surface area contributed by atoms with E-state index >= 15 is 0 Å². The lowest BCUT2D eigenvalue weighted by molar-refractivity contribution is -0.141. The van der Waals surface area contributed by atoms with Gasteiger partial charge in [0.25, 0.3) is 5.91 Å². The minimum Gasteiger partial charge on any atom is -0.481 e. The third-order valence-electron chi connectivity index (χ3n) is 4.98. The van der Waals surface area contributed by atoms with E-state index in [2.05, 4.69) is 5.32 Å². The van der Waals surface area contributed by atoms with E-state index in [1.807, 2.05) is 54.6 Å². The molecule has 0 radical (unpaired) electrons. The quantitative estimate of drug-likeness (QED) is 0.479. The van der Waals surface area contributed by atoms with Crippen LogP contribution in [0.5, 0.6) is 0 Å². The Balaban J connectivity index is 1.74. The molecule has 0 spiro atoms. The van der Waals surface area contributed by atoms with E-state index in [0.717, 1.165) is 16.7 Å². The Morgan fingerprint density at radius 3 is 2.06 bits per heavy atom. The Morgan fingerprint density at radius 2 is 1.48 bits per heavy atom. The van der Waals surface area contributed by atoms with E-state index in [9.17, 15) is 19.5 Å². The number of rotatable bonds is 9. The summed E-state index contributed by atoms with van der Waals surface area (Å²) in [7, 11) is 0. The van der Waals surface area contributed by atoms with Crippen LogP contribution in [-0.4, -0.2) is 34.1 Å². The summed E-state index contributed by atoms with van der Waals surface area (Å²) < 4.78 is 5.05. The van der Waals surface area contributed by atoms with Gasteiger partial charge in [-0.2, -0.15) is 0 Å². The summed E-state index contributed by atoms with van der Waals surface area (Å²) in [5, 5.41) is 21.0. The number of carboxylic acids is 2. The summed E-state index contributed by atoms with van der Waals surface area (Å²) >= 11 is 0. The van der Waals surface area contributed by atoms with Crippen LogP contribution in [0.4, 0.5) is 0 Å². The summed E-state index contributed by atoms with van der Waals surface area (Å²) in [6.07, 6.45) is 0.638. The van der Waals surface area contributed by atoms with Crippen molar-refractivity contribution in [2.24, 2.45) is 5.92 Å². The fraction of sp³-hybridized carbons (Fsp3) is 0.208. The van der Waals surface area contributed by atoms with Gasteiger partial charge in [0.05, 0.1) is 5.92 Å². The third-order valence-corrected chi connectivity index (χ3v) is 4.98. The number of aliphatic carboxylic acids is 1. The monoisotopic (exact) mass is 421 g/mol. The molecule has 0 aliphatic rings. The molecule has 31 heavy (non-hydrogen) atoms. The molecular formula is C24H23NO6. The number of hydrogen-bond acceptors (Lipinski definition) is 4. The molecule has 2 atom stereocenters. The number of furan rings is 1. The standard InChI is InChI=1S/C24H23NO6/c1-15(23(27)28)13-19(25-22(26)20-11-12-21(31-20)24(29)30)14-16-7-9-18(10-8-16)17-5-3-2-4-6-17/h2-12,15,19H,13-14H2,1H3,(H,25,26)(H,27,28)(H,29,30)/t15-,19+/m1/s1. The molecule has 0 bridgehead atoms. The zero-order valence-electron chi connectivity index (χ0n) is 16.9. The number of benzene rings is 2. The van der Waals surface area contributed by atoms with Crippen LogP contribution in [0.1, 0.15) is 40.0 Å². The first-order valence-corrected chi connectivity index (χ1v) is 9.84. The molecule has 7 nitrogen and oxygen atoms in total. The Labute approximate surface area is 179 Å². The van der Waals surface area contributed by atoms with Crippen LogP contribution in [0.2, 0.25) is 0 Å². The molecule has 3 rings (SSSR count). The molecule has 2 aromatic carbocycles. The number of aromatic carboxylic acids is 1. The van der Waals surface area contributed by atoms with E-state index < -0.39 is 29.8 Å². The van der Waals surface area contributed by atoms with Gasteiger partial charge < -0.3 is 19.9 Å². The maximum atomic E-state index is 12.5. The number of nitrogens with one attached hydrogen (secondary N) is 1. The van der Waals surface area contributed by atoms with E-state index in [1.165, 1.54) is 12.1 Å². The van der Waals surface area contributed by atoms with Crippen molar-refractivity contribution in [1.82, 2.24) is 5.32 Å². The Kier molecular flexibility index (Phi) is 6.87. The number of carboxylic acid groups (broad SMARTS) is 2. The molecule has 7 heteroatoms. The minimum atomic E-state index is -1.27. The molecule has 0 unspecified atom stereocenters. The van der Waals surface area contributed by atoms with Gasteiger partial charge in [0.1, 0.15) is 0 Å². The molecule has 0 aliphatic heterocycles. The number of hydrogen-bond donors (Lipinski definition) is 3. The maximum Gasteiger partial charge on any atom is 0.371 e. The molecule has 1 amide bonds. The van der Waals surface area contributed by atoms with Crippen molar-refractivity contribution in [2.45, 2.75) is 25.8 Å². The first kappa shape index (κ1) is 21.8. The molecule has 0 saturated heterocycles. The average molecular weight is 421 g/mol. The van der Waals surface area contributed by atoms with Gasteiger partial charge in [-0.1, -0.05) is 61.5 Å². The average Bonchev–Trinajstić information content (AvgIpc) is 3.25. The van der Waals surface area contributed by atoms with E-state index in [1.54, 1.807) is 6.92 Å². The predicted molar refractivity (Wildman–Crippen MR) is 114 cm³/mol. The minimum absolute atomic E-state index is 0.134. The van der Waals surface area contributed by atoms with Crippen LogP contribution >= 0.6 is 0 Å². The molecule has 1 aromatic heterocycles. The number of amides is 1. The fourth-order valence-corrected chi connectivity index (χ4v) is 3.30. The van der Waals surface area contributed by atoms with Crippen LogP contribution in [0, 0.1) is 5.92 Å². The highest BCUT2D eigenvalue weighted by Crippen LogP contribution is 2.21. The topological polar surface area (TPSA) is 117 Å². The van der Waals surface area contributed by atoms with Gasteiger partial charge >= 0.3 is 11.9 Å². The summed E-state index contributed by atoms with van der Waals surface area (Å²) in [5.74, 6) is -3.95. The predicted octanol–water partition coefficient (Wildman–Crippen LogP) is 4.10. The Morgan fingerprint density at radius 1 is 0.871 bits per heavy atom. The zero-order valence-corrected chi connectivity index (χ0v) is 16.9. The third kappa shape index (κ3) is 5.82. The molecule has 1 heterocycles. The lowest BCUT2D eigenvalue weighted by Crippen LogP contribution is -2.38. The Bertz CT molecular complexity index is 1060. The summed E-state index contributed by atoms with van der Waals surface area (Å²) in [5.41, 5.74) is 3.08. The van der Waals surface area contributed by atoms with Gasteiger partial charge in [0, 0.05) is 6.04 Å². The maximum absolute atomic E-state index is 12.5. The second-order valence-corrected chi connectivity index (χ2v) is 7.38. The molecule has 3 N–H and O–H groups in total. The second kappa shape index (κ2) is 9.75. The SMILES string of the molecule is C[C@H](C[C@@H](Cc1ccc(-c2ccccc2)cc1)NC(=O)c1ccc(C(=O)O)o1)C(=O)O. The van der Waals surface area contributed by atoms with Gasteiger partial charge in [-0.3, -0.25) is 9.59 Å². The molecule has 160 valence electrons. The van der Waals surface area contributed by atoms with Crippen molar-refractivity contribution < 1.29 is 29.0 Å². The van der Waals surface area contributed by atoms with E-state index in [0.29, 0.717) is 6.42 Å². The highest BCUT2D eigenvalue weighted by molar-refractivity contribution is 5.93. The van der Waals surface area contributed by atoms with Gasteiger partial charge in [0.2, 0.25) is 5.76 Å². The van der Waals surface area contributed by atoms with Crippen molar-refractivity contribution in [3.63, 3.8) is 0 Å². The van der Waals surface area contributed by atoms with Crippen LogP contribution in [0.3, 0.4) is 0 Å². The van der Waals surface area contributed by atoms with E-state index in [-0.39, 0.29) is 17.9 Å². The van der Waals surface area contributed by atoms with Gasteiger partial charge in [0.15, 0.2) is 5.76 Å². The molecular weight excluding hydrogens is 398 g/mol. The van der Waals surface area contributed by atoms with Crippen molar-refractivity contribution in [3.8, 4) is 11.1 Å². The van der Waals surface area contributed by atoms with Crippen molar-refractivity contribution in [2.75, 3.05) is 0 Å². The van der Waals surface area contributed by atoms with Crippen molar-refractivity contribution in [3.05, 3.63) is 83.8 Å². The zero-order chi connectivity index (χ0) is 22.4. The molecule has 0 saturated carbocycles. The molecule has 0 aliphatic carbocycles. The number of carbonyl (C=O) groups excluding carboxylic acids is 1. The Hall–Kier alpha value is -3.87. The normalized spacial score (nSPS) is 12.7. The highest BCUT2D eigenvalue weighted by atomic mass is 16.4. The smallest absolute Gasteiger partial charge is 0.371 e. The van der Waals surface area contributed by atoms with Crippen LogP contribution in [-0.2, 0) is 11.2 Å². The van der Waals surface area contributed by atoms with Crippen molar-refractivity contribution >= 4 is 17.8 Å². The van der Waals surface area contributed by atoms with Gasteiger partial charge in [-0.15, -0.1) is 0 Å². The first-order valence-electron chi connectivity index (χ1n) is 9.84. The second-order valence-electron chi connectivity index (χ2n) is 7.38. The van der Waals surface area contributed by atoms with Gasteiger partial charge in [-0.25, -0.2) is 4.79 Å². The van der Waals surface area contributed by atoms with Crippen molar-refractivity contribution in [1.29, 1.82) is 0 Å². The first-order chi connectivity index (χ1) is 14.8. The summed E-state index contributed by atoms with van der Waals surface area (Å²) in [6.45, 7) is 1.58. The fourth-order valence-electron chi connectivity index (χ4n) is 3.30. The van der Waals surface area contributed by atoms with Gasteiger partial charge in [-0.05, 0) is 41.7 Å². The molecule has 0 fully saturated rings. The van der Waals surface area contributed by atoms with E-state index in [4.69, 9.17) is 9.52 Å². The highest BCUT2D eigenvalue weighted by Gasteiger charge is 2.23. The largest absolute Gasteiger partial charge is 0.481 e. The summed E-state index contributed by atoms with van der Waals surface area (Å²) in [6, 6.07) is 19.8. The summed E-state index contributed by atoms with van der Waals surface area (Å²) in [4.78, 5) is 34.8. The molecule has 3 aromatic rings. The van der Waals surface area contributed by atoms with Crippen LogP contribution < -0.4 is 5.32 Å².